The molecule has 166 valence electrons. The maximum atomic E-state index is 12.8. The molecule has 0 saturated heterocycles. The number of hydrazone groups is 1. The molecule has 6 heteroatoms. The lowest BCUT2D eigenvalue weighted by Gasteiger charge is -2.23. The van der Waals surface area contributed by atoms with E-state index in [1.54, 1.807) is 12.1 Å². The van der Waals surface area contributed by atoms with Gasteiger partial charge in [-0.05, 0) is 70.1 Å². The van der Waals surface area contributed by atoms with Gasteiger partial charge in [-0.2, -0.15) is 5.10 Å². The normalized spacial score (nSPS) is 15.8. The van der Waals surface area contributed by atoms with Crippen LogP contribution in [0.25, 0.3) is 0 Å². The van der Waals surface area contributed by atoms with Crippen LogP contribution >= 0.6 is 0 Å². The van der Waals surface area contributed by atoms with E-state index < -0.39 is 0 Å². The first-order valence-electron chi connectivity index (χ1n) is 11.1. The van der Waals surface area contributed by atoms with Crippen LogP contribution in [0.2, 0.25) is 0 Å². The second-order valence-electron chi connectivity index (χ2n) is 7.40. The minimum Gasteiger partial charge on any atom is -0.490 e. The number of hydrogen-bond donors (Lipinski definition) is 1. The number of carbonyl (C=O) groups excluding carboxylic acids is 1. The van der Waals surface area contributed by atoms with Gasteiger partial charge in [-0.15, -0.1) is 0 Å². The lowest BCUT2D eigenvalue weighted by atomic mass is 9.83. The second-order valence-corrected chi connectivity index (χ2v) is 7.40. The van der Waals surface area contributed by atoms with Crippen LogP contribution in [0.15, 0.2) is 47.6 Å². The Labute approximate surface area is 184 Å². The van der Waals surface area contributed by atoms with Crippen LogP contribution in [0.1, 0.15) is 68.3 Å². The molecule has 0 aliphatic heterocycles. The Morgan fingerprint density at radius 1 is 0.935 bits per heavy atom. The zero-order valence-corrected chi connectivity index (χ0v) is 18.6. The number of amides is 1. The molecule has 0 heterocycles. The molecule has 0 radical (unpaired) electrons. The van der Waals surface area contributed by atoms with E-state index in [9.17, 15) is 4.79 Å². The highest BCUT2D eigenvalue weighted by atomic mass is 16.5. The number of nitrogens with one attached hydrogen (secondary N) is 1. The van der Waals surface area contributed by atoms with E-state index >= 15 is 0 Å². The number of ether oxygens (including phenoxy) is 3. The van der Waals surface area contributed by atoms with Crippen molar-refractivity contribution in [2.75, 3.05) is 19.8 Å². The van der Waals surface area contributed by atoms with Crippen molar-refractivity contribution < 1.29 is 19.0 Å². The fourth-order valence-electron chi connectivity index (χ4n) is 3.84. The lowest BCUT2D eigenvalue weighted by Crippen LogP contribution is -2.22. The van der Waals surface area contributed by atoms with Gasteiger partial charge < -0.3 is 14.2 Å². The molecule has 0 atom stereocenters. The van der Waals surface area contributed by atoms with Gasteiger partial charge in [-0.25, -0.2) is 5.43 Å². The fourth-order valence-corrected chi connectivity index (χ4v) is 3.84. The Morgan fingerprint density at radius 3 is 2.06 bits per heavy atom. The van der Waals surface area contributed by atoms with Crippen LogP contribution < -0.4 is 19.6 Å². The van der Waals surface area contributed by atoms with E-state index in [4.69, 9.17) is 14.2 Å². The molecule has 2 aromatic carbocycles. The molecule has 1 aliphatic rings. The van der Waals surface area contributed by atoms with Gasteiger partial charge >= 0.3 is 0 Å². The lowest BCUT2D eigenvalue weighted by molar-refractivity contribution is 0.0953. The summed E-state index contributed by atoms with van der Waals surface area (Å²) in [6.07, 6.45) is 3.87. The summed E-state index contributed by atoms with van der Waals surface area (Å²) in [5.74, 6) is 1.79. The highest BCUT2D eigenvalue weighted by molar-refractivity contribution is 5.96. The van der Waals surface area contributed by atoms with Crippen molar-refractivity contribution in [3.63, 3.8) is 0 Å². The van der Waals surface area contributed by atoms with Gasteiger partial charge in [-0.1, -0.05) is 30.3 Å². The average molecular weight is 425 g/mol. The van der Waals surface area contributed by atoms with Gasteiger partial charge in [0.05, 0.1) is 19.8 Å². The fraction of sp³-hybridized carbons (Fsp3) is 0.440. The summed E-state index contributed by atoms with van der Waals surface area (Å²) in [6, 6.07) is 14.0. The first-order valence-corrected chi connectivity index (χ1v) is 11.1. The third kappa shape index (κ3) is 6.00. The first kappa shape index (κ1) is 22.7. The molecule has 1 fully saturated rings. The zero-order chi connectivity index (χ0) is 22.1. The molecule has 0 bridgehead atoms. The van der Waals surface area contributed by atoms with Crippen molar-refractivity contribution in [3.05, 3.63) is 53.6 Å². The Hall–Kier alpha value is -3.02. The SMILES string of the molecule is CCOc1cc(C(=O)NN=C2CCC(c3ccccc3)CC2)cc(OCC)c1OCC. The Balaban J connectivity index is 1.68. The second kappa shape index (κ2) is 11.4. The van der Waals surface area contributed by atoms with Gasteiger partial charge in [0, 0.05) is 11.3 Å². The maximum Gasteiger partial charge on any atom is 0.271 e. The van der Waals surface area contributed by atoms with Crippen molar-refractivity contribution in [1.82, 2.24) is 5.43 Å². The van der Waals surface area contributed by atoms with Gasteiger partial charge in [-0.3, -0.25) is 4.79 Å². The largest absolute Gasteiger partial charge is 0.490 e. The van der Waals surface area contributed by atoms with Gasteiger partial charge in [0.25, 0.3) is 5.91 Å². The first-order chi connectivity index (χ1) is 15.2. The molecule has 31 heavy (non-hydrogen) atoms. The summed E-state index contributed by atoms with van der Waals surface area (Å²) in [5.41, 5.74) is 5.55. The molecule has 0 spiro atoms. The number of benzene rings is 2. The minimum absolute atomic E-state index is 0.289. The predicted molar refractivity (Wildman–Crippen MR) is 123 cm³/mol. The molecule has 1 aliphatic carbocycles. The van der Waals surface area contributed by atoms with Crippen molar-refractivity contribution in [2.45, 2.75) is 52.4 Å². The monoisotopic (exact) mass is 424 g/mol. The third-order valence-electron chi connectivity index (χ3n) is 5.32. The smallest absolute Gasteiger partial charge is 0.271 e. The molecular formula is C25H32N2O4. The van der Waals surface area contributed by atoms with E-state index in [1.165, 1.54) is 5.56 Å². The maximum absolute atomic E-state index is 12.8. The molecule has 1 saturated carbocycles. The number of nitrogens with zero attached hydrogens (tertiary/aromatic N) is 1. The number of hydrogen-bond acceptors (Lipinski definition) is 5. The topological polar surface area (TPSA) is 69.2 Å². The molecule has 6 nitrogen and oxygen atoms in total. The van der Waals surface area contributed by atoms with Crippen LogP contribution in [-0.4, -0.2) is 31.4 Å². The van der Waals surface area contributed by atoms with E-state index in [2.05, 4.69) is 34.8 Å². The highest BCUT2D eigenvalue weighted by Gasteiger charge is 2.21. The van der Waals surface area contributed by atoms with E-state index in [0.717, 1.165) is 31.4 Å². The molecular weight excluding hydrogens is 392 g/mol. The molecule has 0 unspecified atom stereocenters. The summed E-state index contributed by atoms with van der Waals surface area (Å²) in [4.78, 5) is 12.8. The van der Waals surface area contributed by atoms with Crippen LogP contribution in [0, 0.1) is 0 Å². The van der Waals surface area contributed by atoms with Crippen molar-refractivity contribution >= 4 is 11.6 Å². The zero-order valence-electron chi connectivity index (χ0n) is 18.6. The van der Waals surface area contributed by atoms with Gasteiger partial charge in [0.2, 0.25) is 5.75 Å². The Morgan fingerprint density at radius 2 is 1.52 bits per heavy atom. The van der Waals surface area contributed by atoms with Crippen LogP contribution in [-0.2, 0) is 0 Å². The molecule has 0 aromatic heterocycles. The molecule has 1 amide bonds. The van der Waals surface area contributed by atoms with E-state index in [-0.39, 0.29) is 5.91 Å². The average Bonchev–Trinajstić information content (AvgIpc) is 2.80. The highest BCUT2D eigenvalue weighted by Crippen LogP contribution is 2.39. The van der Waals surface area contributed by atoms with E-state index in [1.807, 2.05) is 26.8 Å². The van der Waals surface area contributed by atoms with Gasteiger partial charge in [0.15, 0.2) is 11.5 Å². The number of rotatable bonds is 9. The summed E-state index contributed by atoms with van der Waals surface area (Å²) in [6.45, 7) is 7.07. The van der Waals surface area contributed by atoms with Gasteiger partial charge in [0.1, 0.15) is 0 Å². The summed E-state index contributed by atoms with van der Waals surface area (Å²) < 4.78 is 17.1. The summed E-state index contributed by atoms with van der Waals surface area (Å²) in [7, 11) is 0. The molecule has 3 rings (SSSR count). The third-order valence-corrected chi connectivity index (χ3v) is 5.32. The Bertz CT molecular complexity index is 859. The van der Waals surface area contributed by atoms with E-state index in [0.29, 0.717) is 48.6 Å². The van der Waals surface area contributed by atoms with Crippen molar-refractivity contribution in [3.8, 4) is 17.2 Å². The van der Waals surface area contributed by atoms with Crippen molar-refractivity contribution in [2.24, 2.45) is 5.10 Å². The quantitative estimate of drug-likeness (QED) is 0.553. The van der Waals surface area contributed by atoms with Crippen LogP contribution in [0.3, 0.4) is 0 Å². The minimum atomic E-state index is -0.289. The summed E-state index contributed by atoms with van der Waals surface area (Å²) >= 11 is 0. The Kier molecular flexibility index (Phi) is 8.33. The number of carbonyl (C=O) groups is 1. The van der Waals surface area contributed by atoms with Crippen molar-refractivity contribution in [1.29, 1.82) is 0 Å². The predicted octanol–water partition coefficient (Wildman–Crippen LogP) is 5.33. The summed E-state index contributed by atoms with van der Waals surface area (Å²) in [5, 5.41) is 4.40. The standard InChI is InChI=1S/C25H32N2O4/c1-4-29-22-16-20(17-23(30-5-2)24(22)31-6-3)25(28)27-26-21-14-12-19(13-15-21)18-10-8-7-9-11-18/h7-11,16-17,19H,4-6,12-15H2,1-3H3,(H,27,28). The van der Waals surface area contributed by atoms with Crippen LogP contribution in [0.5, 0.6) is 17.2 Å². The molecule has 1 N–H and O–H groups in total. The molecule has 2 aromatic rings. The van der Waals surface area contributed by atoms with Crippen LogP contribution in [0.4, 0.5) is 0 Å².